The molecule has 1 heterocycles. The van der Waals surface area contributed by atoms with Crippen molar-refractivity contribution in [2.75, 3.05) is 6.61 Å². The number of aryl methyl sites for hydroxylation is 3. The maximum atomic E-state index is 10.7. The highest BCUT2D eigenvalue weighted by molar-refractivity contribution is 7.09. The Kier molecular flexibility index (Phi) is 4.39. The number of rotatable bonds is 5. The number of hydrogen-bond donors (Lipinski definition) is 1. The number of aromatic carboxylic acids is 1. The van der Waals surface area contributed by atoms with Gasteiger partial charge < -0.3 is 9.84 Å². The Bertz CT molecular complexity index is 634. The van der Waals surface area contributed by atoms with Crippen molar-refractivity contribution >= 4 is 17.3 Å². The SMILES string of the molecule is Cc1cc(C)c(OCCc2nc(C(=O)O)cs2)cc1C. The first-order valence-corrected chi connectivity index (χ1v) is 7.23. The summed E-state index contributed by atoms with van der Waals surface area (Å²) < 4.78 is 5.77. The van der Waals surface area contributed by atoms with Crippen LogP contribution in [0.5, 0.6) is 5.75 Å². The maximum absolute atomic E-state index is 10.7. The molecule has 0 bridgehead atoms. The molecule has 0 aliphatic carbocycles. The average Bonchev–Trinajstić information content (AvgIpc) is 2.84. The largest absolute Gasteiger partial charge is 0.493 e. The summed E-state index contributed by atoms with van der Waals surface area (Å²) in [4.78, 5) is 14.8. The molecule has 1 aromatic carbocycles. The molecule has 0 amide bonds. The van der Waals surface area contributed by atoms with E-state index < -0.39 is 5.97 Å². The van der Waals surface area contributed by atoms with Crippen LogP contribution in [0.4, 0.5) is 0 Å². The fourth-order valence-electron chi connectivity index (χ4n) is 1.86. The molecule has 0 saturated carbocycles. The summed E-state index contributed by atoms with van der Waals surface area (Å²) in [5, 5.41) is 11.1. The minimum absolute atomic E-state index is 0.104. The lowest BCUT2D eigenvalue weighted by molar-refractivity contribution is 0.0691. The fraction of sp³-hybridized carbons (Fsp3) is 0.333. The van der Waals surface area contributed by atoms with E-state index in [0.29, 0.717) is 13.0 Å². The molecule has 0 saturated heterocycles. The second kappa shape index (κ2) is 6.05. The van der Waals surface area contributed by atoms with Gasteiger partial charge in [0.25, 0.3) is 0 Å². The smallest absolute Gasteiger partial charge is 0.355 e. The molecular formula is C15H17NO3S. The summed E-state index contributed by atoms with van der Waals surface area (Å²) in [5.74, 6) is -0.110. The van der Waals surface area contributed by atoms with Gasteiger partial charge in [0.15, 0.2) is 5.69 Å². The third-order valence-electron chi connectivity index (χ3n) is 3.14. The van der Waals surface area contributed by atoms with Gasteiger partial charge in [-0.15, -0.1) is 11.3 Å². The van der Waals surface area contributed by atoms with Crippen LogP contribution in [0.25, 0.3) is 0 Å². The van der Waals surface area contributed by atoms with E-state index in [9.17, 15) is 4.79 Å². The molecule has 1 N–H and O–H groups in total. The summed E-state index contributed by atoms with van der Waals surface area (Å²) >= 11 is 1.35. The van der Waals surface area contributed by atoms with Crippen molar-refractivity contribution in [3.05, 3.63) is 44.9 Å². The van der Waals surface area contributed by atoms with Crippen molar-refractivity contribution in [3.63, 3.8) is 0 Å². The van der Waals surface area contributed by atoms with Crippen molar-refractivity contribution < 1.29 is 14.6 Å². The third kappa shape index (κ3) is 3.36. The summed E-state index contributed by atoms with van der Waals surface area (Å²) in [6.07, 6.45) is 0.615. The van der Waals surface area contributed by atoms with Crippen molar-refractivity contribution in [2.24, 2.45) is 0 Å². The highest BCUT2D eigenvalue weighted by atomic mass is 32.1. The first kappa shape index (κ1) is 14.5. The molecule has 2 rings (SSSR count). The number of nitrogens with zero attached hydrogens (tertiary/aromatic N) is 1. The molecule has 0 aliphatic rings. The number of thiazole rings is 1. The van der Waals surface area contributed by atoms with Crippen LogP contribution in [0, 0.1) is 20.8 Å². The normalized spacial score (nSPS) is 10.6. The standard InChI is InChI=1S/C15H17NO3S/c1-9-6-11(3)13(7-10(9)2)19-5-4-14-16-12(8-20-14)15(17)18/h6-8H,4-5H2,1-3H3,(H,17,18). The second-order valence-electron chi connectivity index (χ2n) is 4.73. The molecule has 20 heavy (non-hydrogen) atoms. The second-order valence-corrected chi connectivity index (χ2v) is 5.67. The first-order valence-electron chi connectivity index (χ1n) is 6.35. The number of ether oxygens (including phenoxy) is 1. The molecule has 0 radical (unpaired) electrons. The maximum Gasteiger partial charge on any atom is 0.355 e. The summed E-state index contributed by atoms with van der Waals surface area (Å²) in [6, 6.07) is 4.14. The van der Waals surface area contributed by atoms with Gasteiger partial charge in [0, 0.05) is 11.8 Å². The van der Waals surface area contributed by atoms with E-state index in [1.54, 1.807) is 5.38 Å². The van der Waals surface area contributed by atoms with Gasteiger partial charge in [0.1, 0.15) is 5.75 Å². The van der Waals surface area contributed by atoms with Gasteiger partial charge in [-0.3, -0.25) is 0 Å². The van der Waals surface area contributed by atoms with Crippen LogP contribution in [0.2, 0.25) is 0 Å². The predicted molar refractivity (Wildman–Crippen MR) is 78.9 cm³/mol. The Hall–Kier alpha value is -1.88. The minimum atomic E-state index is -0.988. The summed E-state index contributed by atoms with van der Waals surface area (Å²) in [6.45, 7) is 6.65. The number of carbonyl (C=O) groups is 1. The molecule has 0 fully saturated rings. The van der Waals surface area contributed by atoms with E-state index in [1.165, 1.54) is 22.5 Å². The molecule has 5 heteroatoms. The van der Waals surface area contributed by atoms with E-state index >= 15 is 0 Å². The Balaban J connectivity index is 1.95. The van der Waals surface area contributed by atoms with Crippen LogP contribution in [0.1, 0.15) is 32.2 Å². The van der Waals surface area contributed by atoms with Crippen molar-refractivity contribution in [3.8, 4) is 5.75 Å². The van der Waals surface area contributed by atoms with Crippen LogP contribution in [0.15, 0.2) is 17.5 Å². The topological polar surface area (TPSA) is 59.4 Å². The van der Waals surface area contributed by atoms with E-state index in [0.717, 1.165) is 16.3 Å². The molecular weight excluding hydrogens is 274 g/mol. The van der Waals surface area contributed by atoms with Gasteiger partial charge in [0.2, 0.25) is 0 Å². The third-order valence-corrected chi connectivity index (χ3v) is 4.04. The monoisotopic (exact) mass is 291 g/mol. The van der Waals surface area contributed by atoms with Crippen molar-refractivity contribution in [2.45, 2.75) is 27.2 Å². The summed E-state index contributed by atoms with van der Waals surface area (Å²) in [7, 11) is 0. The van der Waals surface area contributed by atoms with Gasteiger partial charge in [-0.25, -0.2) is 9.78 Å². The predicted octanol–water partition coefficient (Wildman–Crippen LogP) is 3.39. The molecule has 1 aromatic heterocycles. The van der Waals surface area contributed by atoms with Gasteiger partial charge in [0.05, 0.1) is 11.6 Å². The zero-order valence-electron chi connectivity index (χ0n) is 11.8. The van der Waals surface area contributed by atoms with E-state index in [1.807, 2.05) is 13.0 Å². The van der Waals surface area contributed by atoms with Crippen LogP contribution >= 0.6 is 11.3 Å². The highest BCUT2D eigenvalue weighted by Gasteiger charge is 2.09. The lowest BCUT2D eigenvalue weighted by Gasteiger charge is -2.11. The van der Waals surface area contributed by atoms with Gasteiger partial charge in [-0.05, 0) is 43.5 Å². The van der Waals surface area contributed by atoms with Gasteiger partial charge in [-0.1, -0.05) is 6.07 Å². The van der Waals surface area contributed by atoms with Crippen LogP contribution in [-0.2, 0) is 6.42 Å². The van der Waals surface area contributed by atoms with Gasteiger partial charge >= 0.3 is 5.97 Å². The van der Waals surface area contributed by atoms with Crippen LogP contribution in [0.3, 0.4) is 0 Å². The molecule has 0 unspecified atom stereocenters. The number of hydrogen-bond acceptors (Lipinski definition) is 4. The van der Waals surface area contributed by atoms with E-state index in [4.69, 9.17) is 9.84 Å². The Morgan fingerprint density at radius 2 is 1.95 bits per heavy atom. The average molecular weight is 291 g/mol. The van der Waals surface area contributed by atoms with E-state index in [2.05, 4.69) is 24.9 Å². The lowest BCUT2D eigenvalue weighted by Crippen LogP contribution is -2.04. The minimum Gasteiger partial charge on any atom is -0.493 e. The van der Waals surface area contributed by atoms with E-state index in [-0.39, 0.29) is 5.69 Å². The number of benzene rings is 1. The summed E-state index contributed by atoms with van der Waals surface area (Å²) in [5.41, 5.74) is 3.67. The molecule has 2 aromatic rings. The Morgan fingerprint density at radius 3 is 2.60 bits per heavy atom. The number of carboxylic acid groups (broad SMARTS) is 1. The molecule has 4 nitrogen and oxygen atoms in total. The van der Waals surface area contributed by atoms with Crippen LogP contribution in [-0.4, -0.2) is 22.7 Å². The van der Waals surface area contributed by atoms with Crippen LogP contribution < -0.4 is 4.74 Å². The lowest BCUT2D eigenvalue weighted by atomic mass is 10.1. The first-order chi connectivity index (χ1) is 9.47. The zero-order chi connectivity index (χ0) is 14.7. The number of carboxylic acids is 1. The molecule has 0 atom stereocenters. The quantitative estimate of drug-likeness (QED) is 0.917. The Labute approximate surface area is 122 Å². The number of aromatic nitrogens is 1. The van der Waals surface area contributed by atoms with Crippen molar-refractivity contribution in [1.82, 2.24) is 4.98 Å². The van der Waals surface area contributed by atoms with Crippen molar-refractivity contribution in [1.29, 1.82) is 0 Å². The zero-order valence-corrected chi connectivity index (χ0v) is 12.6. The fourth-order valence-corrected chi connectivity index (χ4v) is 2.62. The molecule has 0 aliphatic heterocycles. The Morgan fingerprint density at radius 1 is 1.25 bits per heavy atom. The highest BCUT2D eigenvalue weighted by Crippen LogP contribution is 2.22. The molecule has 0 spiro atoms. The molecule has 106 valence electrons. The van der Waals surface area contributed by atoms with Gasteiger partial charge in [-0.2, -0.15) is 0 Å².